The van der Waals surface area contributed by atoms with Crippen molar-refractivity contribution in [2.45, 2.75) is 0 Å². The fraction of sp³-hybridized carbons (Fsp3) is 0.0741. The van der Waals surface area contributed by atoms with Crippen molar-refractivity contribution in [3.8, 4) is 28.0 Å². The van der Waals surface area contributed by atoms with Crippen LogP contribution in [-0.2, 0) is 0 Å². The van der Waals surface area contributed by atoms with Crippen LogP contribution in [0.2, 0.25) is 0 Å². The largest absolute Gasteiger partial charge is 1.00 e. The molecule has 4 N–H and O–H groups in total. The average molecular weight is 499 g/mol. The van der Waals surface area contributed by atoms with Crippen LogP contribution < -0.4 is 28.2 Å². The maximum absolute atomic E-state index is 13.6. The van der Waals surface area contributed by atoms with Crippen molar-refractivity contribution >= 4 is 11.6 Å². The number of carbonyl (C=O) groups is 1. The maximum Gasteiger partial charge on any atom is 0.255 e. The first-order valence-corrected chi connectivity index (χ1v) is 10.6. The van der Waals surface area contributed by atoms with Crippen LogP contribution in [0.1, 0.15) is 10.4 Å². The Balaban J connectivity index is 0.00000342. The van der Waals surface area contributed by atoms with Crippen molar-refractivity contribution in [3.63, 3.8) is 0 Å². The first-order valence-electron chi connectivity index (χ1n) is 10.6. The minimum absolute atomic E-state index is 0. The molecule has 0 radical (unpaired) electrons. The smallest absolute Gasteiger partial charge is 0.255 e. The van der Waals surface area contributed by atoms with E-state index in [0.717, 1.165) is 12.1 Å². The fourth-order valence-corrected chi connectivity index (χ4v) is 3.49. The van der Waals surface area contributed by atoms with E-state index < -0.39 is 11.6 Å². The molecule has 0 atom stereocenters. The summed E-state index contributed by atoms with van der Waals surface area (Å²) in [4.78, 5) is 13.0. The molecule has 0 saturated carbocycles. The van der Waals surface area contributed by atoms with E-state index in [-0.39, 0.29) is 24.1 Å². The Labute approximate surface area is 207 Å². The number of hydrogen-bond acceptors (Lipinski definition) is 2. The van der Waals surface area contributed by atoms with Crippen molar-refractivity contribution < 1.29 is 40.8 Å². The summed E-state index contributed by atoms with van der Waals surface area (Å²) >= 11 is 0. The molecule has 180 valence electrons. The van der Waals surface area contributed by atoms with Crippen LogP contribution in [0, 0.1) is 17.5 Å². The van der Waals surface area contributed by atoms with E-state index in [1.54, 1.807) is 54.6 Å². The molecule has 0 aromatic heterocycles. The topological polar surface area (TPSA) is 66.0 Å². The van der Waals surface area contributed by atoms with Gasteiger partial charge < -0.3 is 28.2 Å². The van der Waals surface area contributed by atoms with Gasteiger partial charge in [-0.05, 0) is 71.3 Å². The van der Waals surface area contributed by atoms with Gasteiger partial charge in [-0.1, -0.05) is 30.3 Å². The molecule has 4 nitrogen and oxygen atoms in total. The highest BCUT2D eigenvalue weighted by Crippen LogP contribution is 2.32. The van der Waals surface area contributed by atoms with Gasteiger partial charge in [-0.25, -0.2) is 13.2 Å². The van der Waals surface area contributed by atoms with E-state index in [9.17, 15) is 18.0 Å². The summed E-state index contributed by atoms with van der Waals surface area (Å²) in [7, 11) is 0. The molecule has 0 aliphatic heterocycles. The van der Waals surface area contributed by atoms with Gasteiger partial charge in [-0.15, -0.1) is 0 Å². The lowest BCUT2D eigenvalue weighted by molar-refractivity contribution is -0.370. The van der Waals surface area contributed by atoms with Gasteiger partial charge in [0.15, 0.2) is 11.6 Å². The summed E-state index contributed by atoms with van der Waals surface area (Å²) in [6, 6.07) is 21.4. The highest BCUT2D eigenvalue weighted by Gasteiger charge is 2.14. The second kappa shape index (κ2) is 11.6. The number of hydrogen-bond donors (Lipinski definition) is 2. The van der Waals surface area contributed by atoms with E-state index >= 15 is 0 Å². The summed E-state index contributed by atoms with van der Waals surface area (Å²) in [6.07, 6.45) is 0. The minimum Gasteiger partial charge on any atom is -1.00 e. The second-order valence-electron chi connectivity index (χ2n) is 7.58. The first-order chi connectivity index (χ1) is 16.4. The van der Waals surface area contributed by atoms with Crippen molar-refractivity contribution in [2.24, 2.45) is 0 Å². The SMILES string of the molecule is [Cl-].[NH3+]CCOc1ccc(C(=O)Nc2cccc(-c3ccc(F)c(F)c3)c2)cc1-c1ccc(F)cc1. The lowest BCUT2D eigenvalue weighted by Crippen LogP contribution is -3.00. The number of halogens is 4. The molecular formula is C27H22ClF3N2O2. The van der Waals surface area contributed by atoms with Gasteiger partial charge in [0.1, 0.15) is 24.7 Å². The van der Waals surface area contributed by atoms with Crippen LogP contribution in [0.4, 0.5) is 18.9 Å². The number of carbonyl (C=O) groups excluding carboxylic acids is 1. The summed E-state index contributed by atoms with van der Waals surface area (Å²) in [5, 5.41) is 2.83. The number of amides is 1. The van der Waals surface area contributed by atoms with Crippen LogP contribution >= 0.6 is 0 Å². The van der Waals surface area contributed by atoms with Crippen LogP contribution in [0.3, 0.4) is 0 Å². The molecule has 0 aliphatic rings. The second-order valence-corrected chi connectivity index (χ2v) is 7.58. The van der Waals surface area contributed by atoms with Crippen LogP contribution in [0.15, 0.2) is 84.9 Å². The third-order valence-corrected chi connectivity index (χ3v) is 5.17. The standard InChI is InChI=1S/C27H21F3N2O2.ClH/c28-21-8-4-17(5-9-21)23-15-20(7-11-26(23)34-13-12-31)27(33)32-22-3-1-2-18(14-22)19-6-10-24(29)25(30)16-19;/h1-11,14-16H,12-13,31H2,(H,32,33);1H. The molecule has 4 aromatic rings. The Hall–Kier alpha value is -3.81. The lowest BCUT2D eigenvalue weighted by Gasteiger charge is -2.13. The van der Waals surface area contributed by atoms with E-state index in [4.69, 9.17) is 4.74 Å². The Bertz CT molecular complexity index is 1330. The number of rotatable bonds is 7. The van der Waals surface area contributed by atoms with Crippen molar-refractivity contribution in [2.75, 3.05) is 18.5 Å². The highest BCUT2D eigenvalue weighted by molar-refractivity contribution is 6.05. The van der Waals surface area contributed by atoms with Crippen LogP contribution in [-0.4, -0.2) is 19.1 Å². The summed E-state index contributed by atoms with van der Waals surface area (Å²) < 4.78 is 46.1. The van der Waals surface area contributed by atoms with Gasteiger partial charge in [0, 0.05) is 16.8 Å². The third-order valence-electron chi connectivity index (χ3n) is 5.17. The molecule has 0 fully saturated rings. The van der Waals surface area contributed by atoms with Gasteiger partial charge in [0.2, 0.25) is 0 Å². The zero-order valence-electron chi connectivity index (χ0n) is 18.5. The summed E-state index contributed by atoms with van der Waals surface area (Å²) in [6.45, 7) is 0.968. The molecule has 0 saturated heterocycles. The van der Waals surface area contributed by atoms with Gasteiger partial charge in [-0.2, -0.15) is 0 Å². The van der Waals surface area contributed by atoms with E-state index in [2.05, 4.69) is 11.1 Å². The molecule has 35 heavy (non-hydrogen) atoms. The predicted octanol–water partition coefficient (Wildman–Crippen LogP) is 2.31. The summed E-state index contributed by atoms with van der Waals surface area (Å²) in [5.74, 6) is -2.03. The number of nitrogens with one attached hydrogen (secondary N) is 1. The lowest BCUT2D eigenvalue weighted by atomic mass is 10.0. The fourth-order valence-electron chi connectivity index (χ4n) is 3.49. The Morgan fingerprint density at radius 1 is 0.800 bits per heavy atom. The van der Waals surface area contributed by atoms with E-state index in [0.29, 0.717) is 52.4 Å². The zero-order valence-corrected chi connectivity index (χ0v) is 19.3. The molecule has 4 rings (SSSR count). The number of ether oxygens (including phenoxy) is 1. The molecule has 0 bridgehead atoms. The van der Waals surface area contributed by atoms with Gasteiger partial charge in [0.25, 0.3) is 5.91 Å². The van der Waals surface area contributed by atoms with Crippen LogP contribution in [0.25, 0.3) is 22.3 Å². The van der Waals surface area contributed by atoms with E-state index in [1.807, 2.05) is 0 Å². The molecule has 4 aromatic carbocycles. The molecule has 0 aliphatic carbocycles. The highest BCUT2D eigenvalue weighted by atomic mass is 35.5. The van der Waals surface area contributed by atoms with E-state index in [1.165, 1.54) is 18.2 Å². The monoisotopic (exact) mass is 498 g/mol. The molecule has 0 unspecified atom stereocenters. The Kier molecular flexibility index (Phi) is 8.52. The van der Waals surface area contributed by atoms with Crippen molar-refractivity contribution in [1.82, 2.24) is 0 Å². The summed E-state index contributed by atoms with van der Waals surface area (Å²) in [5.41, 5.74) is 7.10. The first kappa shape index (κ1) is 25.8. The number of benzene rings is 4. The van der Waals surface area contributed by atoms with Crippen molar-refractivity contribution in [3.05, 3.63) is 108 Å². The maximum atomic E-state index is 13.6. The predicted molar refractivity (Wildman–Crippen MR) is 125 cm³/mol. The number of anilines is 1. The zero-order chi connectivity index (χ0) is 24.1. The molecule has 1 amide bonds. The molecular weight excluding hydrogens is 477 g/mol. The third kappa shape index (κ3) is 6.20. The normalized spacial score (nSPS) is 10.4. The average Bonchev–Trinajstić information content (AvgIpc) is 2.85. The van der Waals surface area contributed by atoms with Gasteiger partial charge in [0.05, 0.1) is 0 Å². The Morgan fingerprint density at radius 3 is 2.23 bits per heavy atom. The molecule has 0 spiro atoms. The van der Waals surface area contributed by atoms with Gasteiger partial charge >= 0.3 is 0 Å². The van der Waals surface area contributed by atoms with Crippen LogP contribution in [0.5, 0.6) is 5.75 Å². The quantitative estimate of drug-likeness (QED) is 0.411. The molecule has 0 heterocycles. The van der Waals surface area contributed by atoms with Gasteiger partial charge in [-0.3, -0.25) is 4.79 Å². The minimum atomic E-state index is -0.943. The molecule has 8 heteroatoms. The van der Waals surface area contributed by atoms with Crippen molar-refractivity contribution in [1.29, 1.82) is 0 Å². The Morgan fingerprint density at radius 2 is 1.51 bits per heavy atom. The number of quaternary nitrogens is 1.